The van der Waals surface area contributed by atoms with Gasteiger partial charge < -0.3 is 34.4 Å². The van der Waals surface area contributed by atoms with Gasteiger partial charge in [-0.25, -0.2) is 9.13 Å². The van der Waals surface area contributed by atoms with E-state index in [2.05, 4.69) is 126 Å². The minimum absolute atomic E-state index is 0.00318. The summed E-state index contributed by atoms with van der Waals surface area (Å²) in [5.74, 6) is -1.37. The van der Waals surface area contributed by atoms with Crippen LogP contribution in [0.25, 0.3) is 0 Å². The van der Waals surface area contributed by atoms with Crippen LogP contribution in [0.15, 0.2) is 134 Å². The van der Waals surface area contributed by atoms with Crippen LogP contribution in [0.4, 0.5) is 0 Å². The van der Waals surface area contributed by atoms with Crippen molar-refractivity contribution in [2.24, 2.45) is 0 Å². The first kappa shape index (κ1) is 62.2. The summed E-state index contributed by atoms with van der Waals surface area (Å²) >= 11 is 0. The Morgan fingerprint density at radius 1 is 0.500 bits per heavy atom. The zero-order valence-corrected chi connectivity index (χ0v) is 40.9. The number of ether oxygens (including phenoxy) is 2. The quantitative estimate of drug-likeness (QED) is 0.0127. The Bertz CT molecular complexity index is 1680. The molecule has 0 fully saturated rings. The molecule has 0 saturated carbocycles. The summed E-state index contributed by atoms with van der Waals surface area (Å²) in [7, 11) is -9.80. The second kappa shape index (κ2) is 43.8. The third-order valence-corrected chi connectivity index (χ3v) is 10.1. The molecular weight excluding hydrogens is 886 g/mol. The van der Waals surface area contributed by atoms with E-state index in [1.807, 2.05) is 12.2 Å². The van der Waals surface area contributed by atoms with E-state index in [-0.39, 0.29) is 19.3 Å². The maximum absolute atomic E-state index is 12.7. The molecule has 0 aliphatic heterocycles. The van der Waals surface area contributed by atoms with Gasteiger partial charge in [-0.2, -0.15) is 0 Å². The Kier molecular flexibility index (Phi) is 41.3. The number of unbranched alkanes of at least 4 members (excludes halogenated alkanes) is 3. The summed E-state index contributed by atoms with van der Waals surface area (Å²) in [5, 5.41) is 20.1. The maximum Gasteiger partial charge on any atom is 0.472 e. The van der Waals surface area contributed by atoms with Gasteiger partial charge in [-0.05, 0) is 89.9 Å². The lowest BCUT2D eigenvalue weighted by Crippen LogP contribution is -2.30. The van der Waals surface area contributed by atoms with Gasteiger partial charge in [0.15, 0.2) is 6.10 Å². The van der Waals surface area contributed by atoms with Gasteiger partial charge in [-0.15, -0.1) is 0 Å². The molecule has 0 bridgehead atoms. The van der Waals surface area contributed by atoms with Crippen molar-refractivity contribution in [3.8, 4) is 0 Å². The van der Waals surface area contributed by atoms with E-state index in [0.29, 0.717) is 12.8 Å². The van der Waals surface area contributed by atoms with Crippen molar-refractivity contribution in [2.45, 2.75) is 141 Å². The number of phosphoric acid groups is 2. The Morgan fingerprint density at radius 2 is 0.955 bits per heavy atom. The lowest BCUT2D eigenvalue weighted by molar-refractivity contribution is -0.161. The molecule has 372 valence electrons. The minimum Gasteiger partial charge on any atom is -0.462 e. The summed E-state index contributed by atoms with van der Waals surface area (Å²) in [6, 6.07) is 0. The summed E-state index contributed by atoms with van der Waals surface area (Å²) in [5.41, 5.74) is 0. The van der Waals surface area contributed by atoms with Crippen LogP contribution in [-0.4, -0.2) is 81.6 Å². The van der Waals surface area contributed by atoms with Crippen LogP contribution >= 0.6 is 15.6 Å². The zero-order chi connectivity index (χ0) is 48.8. The Labute approximate surface area is 394 Å². The van der Waals surface area contributed by atoms with Gasteiger partial charge in [0, 0.05) is 12.8 Å². The number of allylic oxidation sites excluding steroid dienone is 21. The second-order valence-electron chi connectivity index (χ2n) is 14.8. The lowest BCUT2D eigenvalue weighted by Gasteiger charge is -2.20. The van der Waals surface area contributed by atoms with Crippen molar-refractivity contribution in [1.82, 2.24) is 0 Å². The third-order valence-electron chi connectivity index (χ3n) is 8.64. The van der Waals surface area contributed by atoms with E-state index < -0.39 is 72.3 Å². The monoisotopic (exact) mass is 964 g/mol. The molecule has 5 N–H and O–H groups in total. The largest absolute Gasteiger partial charge is 0.472 e. The summed E-state index contributed by atoms with van der Waals surface area (Å²) in [6.45, 7) is 1.20. The second-order valence-corrected chi connectivity index (χ2v) is 17.5. The van der Waals surface area contributed by atoms with E-state index >= 15 is 0 Å². The number of hydrogen-bond acceptors (Lipinski definition) is 11. The number of carbonyl (C=O) groups is 2. The Hall–Kier alpha value is -3.78. The van der Waals surface area contributed by atoms with Gasteiger partial charge in [0.05, 0.1) is 25.9 Å². The molecule has 0 spiro atoms. The van der Waals surface area contributed by atoms with Crippen molar-refractivity contribution in [1.29, 1.82) is 0 Å². The van der Waals surface area contributed by atoms with E-state index in [0.717, 1.165) is 77.0 Å². The first-order chi connectivity index (χ1) is 31.8. The minimum atomic E-state index is -4.90. The SMILES string of the molecule is CC/C=C\C/C=C\C/C=C\C/C=C\C/C=C\C=C/C(O)CCC(=O)O[C@H](COC(=O)CCCCC/C=C\C/C=C\C/C=C\C/C=C\C/C=C\CC)COP(=O)(O)OC[C@@H](O)COP(=O)(O)O. The summed E-state index contributed by atoms with van der Waals surface area (Å²) < 4.78 is 47.6. The van der Waals surface area contributed by atoms with Crippen LogP contribution in [0, 0.1) is 0 Å². The molecule has 0 aromatic rings. The molecule has 0 aromatic carbocycles. The van der Waals surface area contributed by atoms with Crippen LogP contribution in [-0.2, 0) is 41.8 Å². The molecule has 16 heteroatoms. The molecule has 0 aromatic heterocycles. The molecule has 0 saturated heterocycles. The van der Waals surface area contributed by atoms with Gasteiger partial charge in [0.25, 0.3) is 0 Å². The van der Waals surface area contributed by atoms with Gasteiger partial charge in [0.2, 0.25) is 0 Å². The normalized spacial score (nSPS) is 15.6. The van der Waals surface area contributed by atoms with Crippen LogP contribution in [0.3, 0.4) is 0 Å². The number of rotatable bonds is 41. The van der Waals surface area contributed by atoms with Crippen molar-refractivity contribution < 1.29 is 66.7 Å². The molecule has 0 aliphatic carbocycles. The highest BCUT2D eigenvalue weighted by Gasteiger charge is 2.28. The van der Waals surface area contributed by atoms with Gasteiger partial charge >= 0.3 is 27.6 Å². The summed E-state index contributed by atoms with van der Waals surface area (Å²) in [4.78, 5) is 52.8. The number of phosphoric ester groups is 2. The number of carbonyl (C=O) groups excluding carboxylic acids is 2. The van der Waals surface area contributed by atoms with Crippen molar-refractivity contribution in [3.63, 3.8) is 0 Å². The average Bonchev–Trinajstić information content (AvgIpc) is 3.28. The predicted molar refractivity (Wildman–Crippen MR) is 263 cm³/mol. The standard InChI is InChI=1S/C50H78O14P2/c1-3-5-7-9-11-13-15-17-19-21-22-23-25-27-29-31-33-35-37-39-49(53)60-44-48(45-63-66(58,59)62-43-47(52)42-61-65(55,56)57)64-50(54)41-40-46(51)38-36-34-32-30-28-26-24-20-18-16-14-12-10-8-6-4-2/h5-8,11-14,17-20,22-23,26-29,32,34,36,38,46-48,51-52H,3-4,9-10,15-16,21,24-25,30-31,33,35,37,39-45H2,1-2H3,(H,58,59)(H2,55,56,57)/b7-5-,8-6-,13-11-,14-12-,19-17-,20-18-,23-22-,28-26-,29-27-,34-32-,38-36-/t46?,47-,48+/m0/s1. The van der Waals surface area contributed by atoms with Gasteiger partial charge in [-0.1, -0.05) is 154 Å². The topological polar surface area (TPSA) is 216 Å². The number of aliphatic hydroxyl groups is 2. The van der Waals surface area contributed by atoms with Crippen LogP contribution in [0.5, 0.6) is 0 Å². The van der Waals surface area contributed by atoms with E-state index in [1.54, 1.807) is 12.2 Å². The van der Waals surface area contributed by atoms with Gasteiger partial charge in [0.1, 0.15) is 12.7 Å². The van der Waals surface area contributed by atoms with Crippen LogP contribution < -0.4 is 0 Å². The fourth-order valence-corrected chi connectivity index (χ4v) is 6.34. The first-order valence-electron chi connectivity index (χ1n) is 23.0. The lowest BCUT2D eigenvalue weighted by atomic mass is 10.1. The highest BCUT2D eigenvalue weighted by Crippen LogP contribution is 2.43. The highest BCUT2D eigenvalue weighted by molar-refractivity contribution is 7.47. The smallest absolute Gasteiger partial charge is 0.462 e. The van der Waals surface area contributed by atoms with Crippen molar-refractivity contribution >= 4 is 27.6 Å². The molecule has 4 atom stereocenters. The molecule has 0 aliphatic rings. The average molecular weight is 965 g/mol. The van der Waals surface area contributed by atoms with Crippen LogP contribution in [0.1, 0.15) is 123 Å². The van der Waals surface area contributed by atoms with Crippen molar-refractivity contribution in [2.75, 3.05) is 26.4 Å². The molecule has 66 heavy (non-hydrogen) atoms. The molecule has 0 rings (SSSR count). The van der Waals surface area contributed by atoms with E-state index in [4.69, 9.17) is 23.8 Å². The van der Waals surface area contributed by atoms with Crippen molar-refractivity contribution in [3.05, 3.63) is 134 Å². The van der Waals surface area contributed by atoms with E-state index in [9.17, 15) is 33.8 Å². The van der Waals surface area contributed by atoms with Crippen LogP contribution in [0.2, 0.25) is 0 Å². The third kappa shape index (κ3) is 46.7. The molecule has 0 amide bonds. The number of aliphatic hydroxyl groups excluding tert-OH is 2. The van der Waals surface area contributed by atoms with Gasteiger partial charge in [-0.3, -0.25) is 23.2 Å². The Balaban J connectivity index is 4.80. The molecule has 0 heterocycles. The first-order valence-corrected chi connectivity index (χ1v) is 26.0. The zero-order valence-electron chi connectivity index (χ0n) is 39.1. The summed E-state index contributed by atoms with van der Waals surface area (Å²) in [6.07, 6.45) is 53.4. The molecule has 14 nitrogen and oxygen atoms in total. The number of esters is 2. The fraction of sp³-hybridized carbons (Fsp3) is 0.520. The fourth-order valence-electron chi connectivity index (χ4n) is 5.19. The number of hydrogen-bond donors (Lipinski definition) is 5. The molecular formula is C50H78O14P2. The molecule has 2 unspecified atom stereocenters. The Morgan fingerprint density at radius 3 is 1.45 bits per heavy atom. The molecule has 0 radical (unpaired) electrons. The van der Waals surface area contributed by atoms with E-state index in [1.165, 1.54) is 6.08 Å². The highest BCUT2D eigenvalue weighted by atomic mass is 31.2. The predicted octanol–water partition coefficient (Wildman–Crippen LogP) is 11.2. The maximum atomic E-state index is 12.7.